The number of benzene rings is 1. The fourth-order valence-corrected chi connectivity index (χ4v) is 2.00. The number of nitrogens with zero attached hydrogens (tertiary/aromatic N) is 2. The number of alkyl halides is 3. The molecule has 8 heteroatoms. The van der Waals surface area contributed by atoms with Crippen molar-refractivity contribution in [2.45, 2.75) is 6.18 Å². The molecule has 0 N–H and O–H groups in total. The van der Waals surface area contributed by atoms with Crippen LogP contribution in [-0.2, 0) is 6.18 Å². The van der Waals surface area contributed by atoms with Gasteiger partial charge in [-0.2, -0.15) is 13.2 Å². The second-order valence-corrected chi connectivity index (χ2v) is 4.51. The number of carbonyl (C=O) groups is 1. The van der Waals surface area contributed by atoms with Crippen molar-refractivity contribution in [2.75, 3.05) is 18.4 Å². The maximum absolute atomic E-state index is 12.5. The molecule has 2 amide bonds. The third-order valence-electron chi connectivity index (χ3n) is 2.03. The van der Waals surface area contributed by atoms with Crippen LogP contribution in [0.5, 0.6) is 0 Å². The van der Waals surface area contributed by atoms with Crippen molar-refractivity contribution in [3.05, 3.63) is 29.8 Å². The minimum absolute atomic E-state index is 0.0727. The van der Waals surface area contributed by atoms with Crippen LogP contribution in [0.1, 0.15) is 5.56 Å². The predicted octanol–water partition coefficient (Wildman–Crippen LogP) is 4.00. The Balaban J connectivity index is 3.12. The van der Waals surface area contributed by atoms with Crippen LogP contribution in [0.25, 0.3) is 0 Å². The average molecular weight is 299 g/mol. The lowest BCUT2D eigenvalue weighted by Gasteiger charge is -2.22. The maximum atomic E-state index is 12.5. The highest BCUT2D eigenvalue weighted by molar-refractivity contribution is 8.22. The van der Waals surface area contributed by atoms with Crippen molar-refractivity contribution in [2.24, 2.45) is 0 Å². The highest BCUT2D eigenvalue weighted by atomic mass is 35.7. The first-order valence-corrected chi connectivity index (χ1v) is 6.34. The highest BCUT2D eigenvalue weighted by Gasteiger charge is 2.31. The second-order valence-electron chi connectivity index (χ2n) is 3.59. The van der Waals surface area contributed by atoms with Gasteiger partial charge < -0.3 is 4.90 Å². The van der Waals surface area contributed by atoms with Gasteiger partial charge in [-0.05, 0) is 28.9 Å². The molecule has 3 nitrogen and oxygen atoms in total. The number of hydrogen-bond donors (Lipinski definition) is 0. The number of hydrogen-bond acceptors (Lipinski definition) is 2. The topological polar surface area (TPSA) is 23.6 Å². The zero-order valence-corrected chi connectivity index (χ0v) is 11.1. The number of rotatable bonds is 2. The first kappa shape index (κ1) is 15.0. The van der Waals surface area contributed by atoms with E-state index in [9.17, 15) is 18.0 Å². The molecular formula is C10H10ClF3N2OS. The molecule has 0 spiro atoms. The van der Waals surface area contributed by atoms with E-state index in [-0.39, 0.29) is 5.69 Å². The SMILES string of the molecule is CN(C)C(=O)N(SCl)c1cccc(C(F)(F)F)c1. The van der Waals surface area contributed by atoms with E-state index in [1.54, 1.807) is 0 Å². The van der Waals surface area contributed by atoms with E-state index < -0.39 is 17.8 Å². The monoisotopic (exact) mass is 298 g/mol. The standard InChI is InChI=1S/C10H10ClF3N2OS/c1-15(2)9(17)16(18-11)8-5-3-4-7(6-8)10(12,13)14/h3-6H,1-2H3. The summed E-state index contributed by atoms with van der Waals surface area (Å²) in [6.07, 6.45) is -4.46. The molecule has 0 saturated carbocycles. The molecule has 0 fully saturated rings. The van der Waals surface area contributed by atoms with Crippen molar-refractivity contribution in [1.29, 1.82) is 0 Å². The largest absolute Gasteiger partial charge is 0.416 e. The van der Waals surface area contributed by atoms with Crippen LogP contribution in [-0.4, -0.2) is 25.0 Å². The van der Waals surface area contributed by atoms with Gasteiger partial charge in [-0.25, -0.2) is 9.10 Å². The first-order valence-electron chi connectivity index (χ1n) is 4.74. The van der Waals surface area contributed by atoms with Gasteiger partial charge in [0.1, 0.15) is 0 Å². The minimum Gasteiger partial charge on any atom is -0.330 e. The number of carbonyl (C=O) groups excluding carboxylic acids is 1. The van der Waals surface area contributed by atoms with E-state index in [1.807, 2.05) is 0 Å². The zero-order valence-electron chi connectivity index (χ0n) is 9.53. The van der Waals surface area contributed by atoms with Gasteiger partial charge in [-0.3, -0.25) is 0 Å². The summed E-state index contributed by atoms with van der Waals surface area (Å²) in [5.74, 6) is 0. The predicted molar refractivity (Wildman–Crippen MR) is 66.5 cm³/mol. The normalized spacial score (nSPS) is 11.2. The molecule has 1 rings (SSSR count). The van der Waals surface area contributed by atoms with E-state index in [0.29, 0.717) is 11.2 Å². The van der Waals surface area contributed by atoms with E-state index >= 15 is 0 Å². The molecule has 1 aromatic carbocycles. The Morgan fingerprint density at radius 3 is 2.39 bits per heavy atom. The summed E-state index contributed by atoms with van der Waals surface area (Å²) >= 11 is 0.526. The fourth-order valence-electron chi connectivity index (χ4n) is 1.17. The summed E-state index contributed by atoms with van der Waals surface area (Å²) in [6, 6.07) is 3.89. The number of anilines is 1. The van der Waals surface area contributed by atoms with Gasteiger partial charge in [-0.1, -0.05) is 6.07 Å². The molecule has 1 aromatic rings. The third-order valence-corrected chi connectivity index (χ3v) is 2.95. The molecule has 0 bridgehead atoms. The van der Waals surface area contributed by atoms with E-state index in [4.69, 9.17) is 10.7 Å². The Bertz CT molecular complexity index is 439. The summed E-state index contributed by atoms with van der Waals surface area (Å²) in [5.41, 5.74) is -0.759. The molecular weight excluding hydrogens is 289 g/mol. The molecule has 0 atom stereocenters. The molecule has 18 heavy (non-hydrogen) atoms. The summed E-state index contributed by atoms with van der Waals surface area (Å²) in [6.45, 7) is 0. The van der Waals surface area contributed by atoms with Crippen LogP contribution in [0.15, 0.2) is 24.3 Å². The summed E-state index contributed by atoms with van der Waals surface area (Å²) in [4.78, 5) is 12.9. The lowest BCUT2D eigenvalue weighted by atomic mass is 10.2. The summed E-state index contributed by atoms with van der Waals surface area (Å²) in [5, 5.41) is 0. The molecule has 0 aliphatic rings. The van der Waals surface area contributed by atoms with E-state index in [2.05, 4.69) is 0 Å². The average Bonchev–Trinajstić information content (AvgIpc) is 2.29. The molecule has 0 aliphatic carbocycles. The van der Waals surface area contributed by atoms with Crippen LogP contribution in [0.4, 0.5) is 23.7 Å². The lowest BCUT2D eigenvalue weighted by molar-refractivity contribution is -0.137. The number of urea groups is 1. The molecule has 100 valence electrons. The van der Waals surface area contributed by atoms with Crippen LogP contribution < -0.4 is 4.31 Å². The zero-order chi connectivity index (χ0) is 13.9. The molecule has 0 unspecified atom stereocenters. The number of halogens is 4. The lowest BCUT2D eigenvalue weighted by Crippen LogP contribution is -2.34. The second kappa shape index (κ2) is 5.71. The first-order chi connectivity index (χ1) is 8.27. The van der Waals surface area contributed by atoms with Gasteiger partial charge in [0.2, 0.25) is 0 Å². The van der Waals surface area contributed by atoms with Gasteiger partial charge in [0.15, 0.2) is 0 Å². The molecule has 0 saturated heterocycles. The van der Waals surface area contributed by atoms with Crippen LogP contribution in [0.2, 0.25) is 0 Å². The smallest absolute Gasteiger partial charge is 0.330 e. The third kappa shape index (κ3) is 3.46. The van der Waals surface area contributed by atoms with Crippen molar-refractivity contribution in [1.82, 2.24) is 4.90 Å². The van der Waals surface area contributed by atoms with Crippen molar-refractivity contribution < 1.29 is 18.0 Å². The van der Waals surface area contributed by atoms with Crippen LogP contribution >= 0.6 is 21.8 Å². The highest BCUT2D eigenvalue weighted by Crippen LogP contribution is 2.34. The summed E-state index contributed by atoms with van der Waals surface area (Å²) < 4.78 is 38.6. The Morgan fingerprint density at radius 1 is 1.33 bits per heavy atom. The van der Waals surface area contributed by atoms with Crippen LogP contribution in [0.3, 0.4) is 0 Å². The van der Waals surface area contributed by atoms with Gasteiger partial charge in [0.05, 0.1) is 22.4 Å². The van der Waals surface area contributed by atoms with Crippen molar-refractivity contribution >= 4 is 33.6 Å². The Labute approximate surface area is 111 Å². The van der Waals surface area contributed by atoms with Crippen molar-refractivity contribution in [3.8, 4) is 0 Å². The minimum atomic E-state index is -4.46. The number of amides is 2. The van der Waals surface area contributed by atoms with Gasteiger partial charge >= 0.3 is 12.2 Å². The Hall–Kier alpha value is -1.08. The van der Waals surface area contributed by atoms with E-state index in [0.717, 1.165) is 16.4 Å². The van der Waals surface area contributed by atoms with E-state index in [1.165, 1.54) is 31.1 Å². The van der Waals surface area contributed by atoms with Crippen molar-refractivity contribution in [3.63, 3.8) is 0 Å². The molecule has 0 aromatic heterocycles. The molecule has 0 heterocycles. The molecule has 0 aliphatic heterocycles. The Morgan fingerprint density at radius 2 is 1.94 bits per heavy atom. The summed E-state index contributed by atoms with van der Waals surface area (Å²) in [7, 11) is 8.49. The van der Waals surface area contributed by atoms with Gasteiger partial charge in [0, 0.05) is 14.1 Å². The molecule has 0 radical (unpaired) electrons. The van der Waals surface area contributed by atoms with Gasteiger partial charge in [0.25, 0.3) is 0 Å². The maximum Gasteiger partial charge on any atom is 0.416 e. The van der Waals surface area contributed by atoms with Gasteiger partial charge in [-0.15, -0.1) is 0 Å². The Kier molecular flexibility index (Phi) is 4.75. The fraction of sp³-hybridized carbons (Fsp3) is 0.300. The van der Waals surface area contributed by atoms with Crippen LogP contribution in [0, 0.1) is 0 Å². The quantitative estimate of drug-likeness (QED) is 0.771.